The third kappa shape index (κ3) is 4.04. The monoisotopic (exact) mass is 287 g/mol. The first-order valence-corrected chi connectivity index (χ1v) is 9.57. The van der Waals surface area contributed by atoms with Gasteiger partial charge in [-0.3, -0.25) is 9.59 Å². The summed E-state index contributed by atoms with van der Waals surface area (Å²) in [5.74, 6) is -0.709. The van der Waals surface area contributed by atoms with Crippen LogP contribution in [0.3, 0.4) is 0 Å². The van der Waals surface area contributed by atoms with Gasteiger partial charge in [0, 0.05) is 13.5 Å². The number of hydrogen-bond donors (Lipinski definition) is 1. The highest BCUT2D eigenvalue weighted by Crippen LogP contribution is 2.36. The Morgan fingerprint density at radius 3 is 2.37 bits per heavy atom. The summed E-state index contributed by atoms with van der Waals surface area (Å²) in [6.45, 7) is 12.8. The quantitative estimate of drug-likeness (QED) is 0.477. The van der Waals surface area contributed by atoms with Crippen molar-refractivity contribution in [3.63, 3.8) is 0 Å². The molecule has 0 aromatic carbocycles. The van der Waals surface area contributed by atoms with E-state index >= 15 is 0 Å². The Labute approximate surface area is 116 Å². The molecule has 1 aliphatic rings. The SMILES string of the molecule is CC(=O)OC1NC(=O)C1CCO[Si](C)(C)C(C)(C)C. The lowest BCUT2D eigenvalue weighted by molar-refractivity contribution is -0.168. The van der Waals surface area contributed by atoms with Crippen LogP contribution in [0.4, 0.5) is 0 Å². The van der Waals surface area contributed by atoms with Crippen molar-refractivity contribution in [2.75, 3.05) is 6.61 Å². The van der Waals surface area contributed by atoms with Crippen molar-refractivity contribution in [1.29, 1.82) is 0 Å². The highest BCUT2D eigenvalue weighted by atomic mass is 28.4. The Kier molecular flexibility index (Phi) is 4.79. The van der Waals surface area contributed by atoms with Crippen LogP contribution in [0.15, 0.2) is 0 Å². The summed E-state index contributed by atoms with van der Waals surface area (Å²) in [5.41, 5.74) is 0. The number of amides is 1. The number of ether oxygens (including phenoxy) is 1. The van der Waals surface area contributed by atoms with Crippen molar-refractivity contribution in [2.45, 2.75) is 58.5 Å². The van der Waals surface area contributed by atoms with E-state index in [1.165, 1.54) is 6.92 Å². The van der Waals surface area contributed by atoms with Gasteiger partial charge in [-0.15, -0.1) is 0 Å². The zero-order valence-corrected chi connectivity index (χ0v) is 13.7. The van der Waals surface area contributed by atoms with E-state index in [0.29, 0.717) is 13.0 Å². The fourth-order valence-corrected chi connectivity index (χ4v) is 2.68. The largest absolute Gasteiger partial charge is 0.441 e. The standard InChI is InChI=1S/C13H25NO4Si/c1-9(15)18-12-10(11(16)14-12)7-8-17-19(5,6)13(2,3)4/h10,12H,7-8H2,1-6H3,(H,14,16). The van der Waals surface area contributed by atoms with Gasteiger partial charge in [0.25, 0.3) is 0 Å². The highest BCUT2D eigenvalue weighted by Gasteiger charge is 2.42. The highest BCUT2D eigenvalue weighted by molar-refractivity contribution is 6.74. The van der Waals surface area contributed by atoms with Crippen molar-refractivity contribution in [3.8, 4) is 0 Å². The minimum atomic E-state index is -1.78. The van der Waals surface area contributed by atoms with Crippen LogP contribution in [0.5, 0.6) is 0 Å². The first kappa shape index (κ1) is 16.2. The predicted molar refractivity (Wildman–Crippen MR) is 75.0 cm³/mol. The second kappa shape index (κ2) is 5.62. The summed E-state index contributed by atoms with van der Waals surface area (Å²) in [5, 5.41) is 2.73. The molecule has 0 radical (unpaired) electrons. The molecule has 0 bridgehead atoms. The summed E-state index contributed by atoms with van der Waals surface area (Å²) in [6.07, 6.45) is 0.115. The van der Waals surface area contributed by atoms with Gasteiger partial charge in [0.2, 0.25) is 5.91 Å². The molecule has 0 aromatic rings. The van der Waals surface area contributed by atoms with Gasteiger partial charge < -0.3 is 14.5 Å². The van der Waals surface area contributed by atoms with E-state index in [9.17, 15) is 9.59 Å². The van der Waals surface area contributed by atoms with Crippen molar-refractivity contribution >= 4 is 20.2 Å². The summed E-state index contributed by atoms with van der Waals surface area (Å²) in [6, 6.07) is 0. The van der Waals surface area contributed by atoms with E-state index in [0.717, 1.165) is 0 Å². The second-order valence-corrected chi connectivity index (χ2v) is 11.4. The van der Waals surface area contributed by atoms with Gasteiger partial charge in [-0.05, 0) is 24.6 Å². The molecule has 1 aliphatic heterocycles. The van der Waals surface area contributed by atoms with Crippen molar-refractivity contribution in [2.24, 2.45) is 5.92 Å². The van der Waals surface area contributed by atoms with E-state index in [1.807, 2.05) is 0 Å². The summed E-state index contributed by atoms with van der Waals surface area (Å²) in [7, 11) is -1.78. The number of hydrogen-bond acceptors (Lipinski definition) is 4. The van der Waals surface area contributed by atoms with Crippen LogP contribution < -0.4 is 5.32 Å². The molecule has 1 fully saturated rings. The van der Waals surface area contributed by atoms with Gasteiger partial charge in [0.05, 0.1) is 5.92 Å². The maximum atomic E-state index is 11.4. The van der Waals surface area contributed by atoms with Crippen LogP contribution in [0.25, 0.3) is 0 Å². The van der Waals surface area contributed by atoms with Crippen LogP contribution in [0.2, 0.25) is 18.1 Å². The topological polar surface area (TPSA) is 64.6 Å². The lowest BCUT2D eigenvalue weighted by atomic mass is 9.96. The molecule has 5 nitrogen and oxygen atoms in total. The van der Waals surface area contributed by atoms with Gasteiger partial charge in [0.1, 0.15) is 0 Å². The van der Waals surface area contributed by atoms with Crippen LogP contribution in [0, 0.1) is 5.92 Å². The second-order valence-electron chi connectivity index (χ2n) is 6.54. The minimum Gasteiger partial charge on any atom is -0.441 e. The van der Waals surface area contributed by atoms with E-state index in [4.69, 9.17) is 9.16 Å². The molecule has 2 atom stereocenters. The molecule has 0 aliphatic carbocycles. The first-order valence-electron chi connectivity index (χ1n) is 6.66. The van der Waals surface area contributed by atoms with Crippen molar-refractivity contribution < 1.29 is 18.8 Å². The van der Waals surface area contributed by atoms with Gasteiger partial charge in [-0.2, -0.15) is 0 Å². The minimum absolute atomic E-state index is 0.0647. The maximum Gasteiger partial charge on any atom is 0.304 e. The fraction of sp³-hybridized carbons (Fsp3) is 0.846. The molecule has 0 spiro atoms. The molecule has 1 amide bonds. The zero-order chi connectivity index (χ0) is 14.8. The van der Waals surface area contributed by atoms with Crippen LogP contribution >= 0.6 is 0 Å². The average molecular weight is 287 g/mol. The van der Waals surface area contributed by atoms with E-state index in [2.05, 4.69) is 39.2 Å². The Hall–Kier alpha value is -0.883. The first-order chi connectivity index (χ1) is 8.54. The molecule has 110 valence electrons. The van der Waals surface area contributed by atoms with E-state index in [-0.39, 0.29) is 22.8 Å². The van der Waals surface area contributed by atoms with E-state index in [1.54, 1.807) is 0 Å². The fourth-order valence-electron chi connectivity index (χ4n) is 1.62. The Morgan fingerprint density at radius 2 is 1.95 bits per heavy atom. The summed E-state index contributed by atoms with van der Waals surface area (Å²) < 4.78 is 11.0. The third-order valence-corrected chi connectivity index (χ3v) is 8.52. The molecule has 1 heterocycles. The molecule has 1 saturated heterocycles. The Bertz CT molecular complexity index is 362. The zero-order valence-electron chi connectivity index (χ0n) is 12.7. The normalized spacial score (nSPS) is 23.6. The average Bonchev–Trinajstić information content (AvgIpc) is 2.21. The summed E-state index contributed by atoms with van der Waals surface area (Å²) in [4.78, 5) is 22.3. The number of carbonyl (C=O) groups excluding carboxylic acids is 2. The Morgan fingerprint density at radius 1 is 1.37 bits per heavy atom. The molecular formula is C13H25NO4Si. The number of rotatable bonds is 5. The molecule has 1 rings (SSSR count). The van der Waals surface area contributed by atoms with Crippen molar-refractivity contribution in [1.82, 2.24) is 5.32 Å². The van der Waals surface area contributed by atoms with Gasteiger partial charge in [-0.25, -0.2) is 0 Å². The molecule has 1 N–H and O–H groups in total. The van der Waals surface area contributed by atoms with Crippen LogP contribution in [-0.2, 0) is 18.8 Å². The van der Waals surface area contributed by atoms with Gasteiger partial charge >= 0.3 is 5.97 Å². The van der Waals surface area contributed by atoms with Crippen LogP contribution in [0.1, 0.15) is 34.1 Å². The molecule has 2 unspecified atom stereocenters. The molecular weight excluding hydrogens is 262 g/mol. The Balaban J connectivity index is 2.40. The van der Waals surface area contributed by atoms with Gasteiger partial charge in [-0.1, -0.05) is 20.8 Å². The number of β-lactam (4-membered cyclic amide) rings is 1. The van der Waals surface area contributed by atoms with Crippen molar-refractivity contribution in [3.05, 3.63) is 0 Å². The smallest absolute Gasteiger partial charge is 0.304 e. The molecule has 0 aromatic heterocycles. The lowest BCUT2D eigenvalue weighted by Crippen LogP contribution is -2.60. The van der Waals surface area contributed by atoms with Crippen LogP contribution in [-0.4, -0.2) is 33.0 Å². The summed E-state index contributed by atoms with van der Waals surface area (Å²) >= 11 is 0. The number of carbonyl (C=O) groups is 2. The molecule has 19 heavy (non-hydrogen) atoms. The third-order valence-electron chi connectivity index (χ3n) is 3.98. The molecule has 6 heteroatoms. The number of esters is 1. The molecule has 0 saturated carbocycles. The predicted octanol–water partition coefficient (Wildman–Crippen LogP) is 2.03. The lowest BCUT2D eigenvalue weighted by Gasteiger charge is -2.38. The maximum absolute atomic E-state index is 11.4. The van der Waals surface area contributed by atoms with E-state index < -0.39 is 14.5 Å². The van der Waals surface area contributed by atoms with Gasteiger partial charge in [0.15, 0.2) is 14.5 Å². The number of nitrogens with one attached hydrogen (secondary N) is 1.